The average molecular weight is 330 g/mol. The molecular weight excluding hydrogens is 312 g/mol. The molecule has 3 rings (SSSR count). The number of amides is 1. The number of aromatic nitrogens is 2. The number of carbonyl (C=O) groups is 1. The van der Waals surface area contributed by atoms with Gasteiger partial charge >= 0.3 is 0 Å². The van der Waals surface area contributed by atoms with Crippen LogP contribution < -0.4 is 5.32 Å². The lowest BCUT2D eigenvalue weighted by Gasteiger charge is -2.22. The van der Waals surface area contributed by atoms with Crippen LogP contribution >= 0.6 is 0 Å². The van der Waals surface area contributed by atoms with Crippen molar-refractivity contribution in [1.29, 1.82) is 0 Å². The lowest BCUT2D eigenvalue weighted by atomic mass is 10.0. The van der Waals surface area contributed by atoms with E-state index in [2.05, 4.69) is 10.3 Å². The fourth-order valence-corrected chi connectivity index (χ4v) is 2.99. The molecule has 1 saturated carbocycles. The summed E-state index contributed by atoms with van der Waals surface area (Å²) in [4.78, 5) is 26.9. The summed E-state index contributed by atoms with van der Waals surface area (Å²) in [5.74, 6) is -0.435. The van der Waals surface area contributed by atoms with Gasteiger partial charge in [-0.05, 0) is 25.0 Å². The molecule has 1 fully saturated rings. The normalized spacial score (nSPS) is 16.0. The number of aliphatic hydroxyl groups is 1. The smallest absolute Gasteiger partial charge is 0.294 e. The van der Waals surface area contributed by atoms with Gasteiger partial charge in [0, 0.05) is 30.6 Å². The number of imidazole rings is 1. The molecule has 2 N–H and O–H groups in total. The second-order valence-corrected chi connectivity index (χ2v) is 6.04. The molecule has 0 aliphatic heterocycles. The van der Waals surface area contributed by atoms with Gasteiger partial charge < -0.3 is 15.0 Å². The number of hydrogen-bond donors (Lipinski definition) is 2. The molecule has 1 aliphatic carbocycles. The van der Waals surface area contributed by atoms with Gasteiger partial charge in [0.2, 0.25) is 0 Å². The van der Waals surface area contributed by atoms with Crippen LogP contribution in [0.4, 0.5) is 5.69 Å². The Bertz CT molecular complexity index is 751. The Labute approximate surface area is 138 Å². The third-order valence-corrected chi connectivity index (χ3v) is 4.33. The molecule has 126 valence electrons. The molecule has 8 heteroatoms. The summed E-state index contributed by atoms with van der Waals surface area (Å²) in [6, 6.07) is 4.28. The summed E-state index contributed by atoms with van der Waals surface area (Å²) in [5, 5.41) is 24.2. The first-order valence-corrected chi connectivity index (χ1v) is 7.76. The fraction of sp³-hybridized carbons (Fsp3) is 0.375. The first-order valence-electron chi connectivity index (χ1n) is 7.76. The summed E-state index contributed by atoms with van der Waals surface area (Å²) in [6.45, 7) is 0.156. The van der Waals surface area contributed by atoms with Crippen molar-refractivity contribution in [2.75, 3.05) is 6.54 Å². The van der Waals surface area contributed by atoms with Gasteiger partial charge in [0.15, 0.2) is 0 Å². The molecule has 0 atom stereocenters. The minimum absolute atomic E-state index is 0.156. The monoisotopic (exact) mass is 330 g/mol. The van der Waals surface area contributed by atoms with E-state index in [9.17, 15) is 20.0 Å². The van der Waals surface area contributed by atoms with E-state index in [-0.39, 0.29) is 17.8 Å². The van der Waals surface area contributed by atoms with Gasteiger partial charge in [-0.15, -0.1) is 0 Å². The highest BCUT2D eigenvalue weighted by Crippen LogP contribution is 2.29. The van der Waals surface area contributed by atoms with E-state index < -0.39 is 16.4 Å². The number of nitro groups is 1. The van der Waals surface area contributed by atoms with Crippen molar-refractivity contribution in [2.45, 2.75) is 31.3 Å². The summed E-state index contributed by atoms with van der Waals surface area (Å²) >= 11 is 0. The van der Waals surface area contributed by atoms with Crippen LogP contribution in [-0.4, -0.2) is 37.6 Å². The molecular formula is C16H18N4O4. The molecule has 1 aliphatic rings. The minimum atomic E-state index is -0.863. The largest absolute Gasteiger partial charge is 0.388 e. The molecule has 0 spiro atoms. The van der Waals surface area contributed by atoms with E-state index in [0.29, 0.717) is 18.5 Å². The summed E-state index contributed by atoms with van der Waals surface area (Å²) in [7, 11) is 0. The Morgan fingerprint density at radius 2 is 2.17 bits per heavy atom. The molecule has 2 aromatic rings. The summed E-state index contributed by atoms with van der Waals surface area (Å²) < 4.78 is 1.51. The average Bonchev–Trinajstić information content (AvgIpc) is 3.24. The van der Waals surface area contributed by atoms with Crippen molar-refractivity contribution in [3.05, 3.63) is 52.6 Å². The Hall–Kier alpha value is -2.74. The molecule has 1 amide bonds. The predicted octanol–water partition coefficient (Wildman–Crippen LogP) is 1.82. The van der Waals surface area contributed by atoms with Gasteiger partial charge in [-0.25, -0.2) is 4.98 Å². The van der Waals surface area contributed by atoms with Crippen LogP contribution in [0.25, 0.3) is 5.69 Å². The van der Waals surface area contributed by atoms with Gasteiger partial charge in [-0.2, -0.15) is 0 Å². The first-order chi connectivity index (χ1) is 11.5. The van der Waals surface area contributed by atoms with E-state index in [4.69, 9.17) is 0 Å². The SMILES string of the molecule is O=C(NCC1(O)CCCC1)c1ccc(-n2ccnc2)c([N+](=O)[O-])c1. The molecule has 0 bridgehead atoms. The van der Waals surface area contributed by atoms with E-state index in [0.717, 1.165) is 12.8 Å². The van der Waals surface area contributed by atoms with Crippen LogP contribution in [0.3, 0.4) is 0 Å². The number of benzene rings is 1. The van der Waals surface area contributed by atoms with Gasteiger partial charge in [0.05, 0.1) is 16.9 Å². The van der Waals surface area contributed by atoms with Crippen molar-refractivity contribution < 1.29 is 14.8 Å². The zero-order valence-corrected chi connectivity index (χ0v) is 13.0. The number of nitrogens with one attached hydrogen (secondary N) is 1. The Balaban J connectivity index is 1.79. The van der Waals surface area contributed by atoms with E-state index in [1.54, 1.807) is 6.20 Å². The van der Waals surface area contributed by atoms with Crippen LogP contribution in [0.5, 0.6) is 0 Å². The topological polar surface area (TPSA) is 110 Å². The fourth-order valence-electron chi connectivity index (χ4n) is 2.99. The van der Waals surface area contributed by atoms with E-state index in [1.807, 2.05) is 0 Å². The second kappa shape index (κ2) is 6.40. The van der Waals surface area contributed by atoms with Gasteiger partial charge in [-0.3, -0.25) is 14.9 Å². The van der Waals surface area contributed by atoms with Crippen molar-refractivity contribution in [2.24, 2.45) is 0 Å². The highest BCUT2D eigenvalue weighted by atomic mass is 16.6. The Morgan fingerprint density at radius 1 is 1.42 bits per heavy atom. The number of hydrogen-bond acceptors (Lipinski definition) is 5. The highest BCUT2D eigenvalue weighted by Gasteiger charge is 2.31. The summed E-state index contributed by atoms with van der Waals surface area (Å²) in [5.41, 5.74) is -0.519. The number of rotatable bonds is 5. The maximum absolute atomic E-state index is 12.3. The number of carbonyl (C=O) groups excluding carboxylic acids is 1. The third kappa shape index (κ3) is 3.28. The van der Waals surface area contributed by atoms with Crippen molar-refractivity contribution in [3.63, 3.8) is 0 Å². The molecule has 1 heterocycles. The van der Waals surface area contributed by atoms with E-state index in [1.165, 1.54) is 35.3 Å². The van der Waals surface area contributed by atoms with Crippen LogP contribution in [0.15, 0.2) is 36.9 Å². The summed E-state index contributed by atoms with van der Waals surface area (Å²) in [6.07, 6.45) is 7.77. The van der Waals surface area contributed by atoms with Crippen molar-refractivity contribution in [3.8, 4) is 5.69 Å². The molecule has 0 radical (unpaired) electrons. The Kier molecular flexibility index (Phi) is 4.30. The zero-order valence-electron chi connectivity index (χ0n) is 13.0. The Morgan fingerprint density at radius 3 is 2.79 bits per heavy atom. The predicted molar refractivity (Wildman–Crippen MR) is 86.0 cm³/mol. The molecule has 8 nitrogen and oxygen atoms in total. The highest BCUT2D eigenvalue weighted by molar-refractivity contribution is 5.95. The van der Waals surface area contributed by atoms with Gasteiger partial charge in [0.25, 0.3) is 11.6 Å². The number of nitrogens with zero attached hydrogens (tertiary/aromatic N) is 3. The second-order valence-electron chi connectivity index (χ2n) is 6.04. The minimum Gasteiger partial charge on any atom is -0.388 e. The molecule has 0 unspecified atom stereocenters. The van der Waals surface area contributed by atoms with Crippen LogP contribution in [0, 0.1) is 10.1 Å². The molecule has 1 aromatic heterocycles. The first kappa shape index (κ1) is 16.1. The lowest BCUT2D eigenvalue weighted by molar-refractivity contribution is -0.384. The van der Waals surface area contributed by atoms with Crippen LogP contribution in [-0.2, 0) is 0 Å². The lowest BCUT2D eigenvalue weighted by Crippen LogP contribution is -2.40. The van der Waals surface area contributed by atoms with Gasteiger partial charge in [0.1, 0.15) is 5.69 Å². The van der Waals surface area contributed by atoms with Crippen molar-refractivity contribution >= 4 is 11.6 Å². The van der Waals surface area contributed by atoms with Crippen LogP contribution in [0.1, 0.15) is 36.0 Å². The van der Waals surface area contributed by atoms with Crippen molar-refractivity contribution in [1.82, 2.24) is 14.9 Å². The molecule has 24 heavy (non-hydrogen) atoms. The quantitative estimate of drug-likeness (QED) is 0.642. The van der Waals surface area contributed by atoms with E-state index >= 15 is 0 Å². The maximum Gasteiger partial charge on any atom is 0.294 e. The zero-order chi connectivity index (χ0) is 17.2. The maximum atomic E-state index is 12.3. The standard InChI is InChI=1S/C16H18N4O4/c21-15(18-10-16(22)5-1-2-6-16)12-3-4-13(14(9-12)20(23)24)19-8-7-17-11-19/h3-4,7-9,11,22H,1-2,5-6,10H2,(H,18,21). The molecule has 1 aromatic carbocycles. The molecule has 0 saturated heterocycles. The van der Waals surface area contributed by atoms with Crippen LogP contribution in [0.2, 0.25) is 0 Å². The van der Waals surface area contributed by atoms with Gasteiger partial charge in [-0.1, -0.05) is 12.8 Å². The third-order valence-electron chi connectivity index (χ3n) is 4.33. The number of nitro benzene ring substituents is 1.